The number of ketones is 1. The summed E-state index contributed by atoms with van der Waals surface area (Å²) < 4.78 is 25.7. The van der Waals surface area contributed by atoms with Crippen molar-refractivity contribution in [1.29, 1.82) is 0 Å². The maximum atomic E-state index is 14.5. The molecule has 0 aromatic rings. The average molecular weight is 697 g/mol. The van der Waals surface area contributed by atoms with Gasteiger partial charge >= 0.3 is 6.03 Å². The molecular weight excluding hydrogens is 636 g/mol. The van der Waals surface area contributed by atoms with Gasteiger partial charge in [0.05, 0.1) is 17.8 Å². The van der Waals surface area contributed by atoms with Gasteiger partial charge in [0, 0.05) is 26.7 Å². The van der Waals surface area contributed by atoms with Crippen LogP contribution in [-0.2, 0) is 29.2 Å². The summed E-state index contributed by atoms with van der Waals surface area (Å²) in [5.41, 5.74) is -1.56. The van der Waals surface area contributed by atoms with E-state index in [4.69, 9.17) is 0 Å². The fraction of sp³-hybridized carbons (Fsp3) is 0.794. The van der Waals surface area contributed by atoms with Gasteiger partial charge < -0.3 is 26.2 Å². The Kier molecular flexibility index (Phi) is 14.7. The molecule has 1 saturated carbocycles. The lowest BCUT2D eigenvalue weighted by Gasteiger charge is -2.41. The van der Waals surface area contributed by atoms with E-state index in [0.717, 1.165) is 25.5 Å². The average Bonchev–Trinajstić information content (AvgIpc) is 3.34. The van der Waals surface area contributed by atoms with Gasteiger partial charge in [-0.05, 0) is 42.4 Å². The minimum atomic E-state index is -3.49. The second-order valence-electron chi connectivity index (χ2n) is 15.2. The number of amides is 5. The van der Waals surface area contributed by atoms with Crippen molar-refractivity contribution in [3.63, 3.8) is 0 Å². The zero-order valence-electron chi connectivity index (χ0n) is 30.5. The molecule has 0 spiro atoms. The highest BCUT2D eigenvalue weighted by Gasteiger charge is 2.50. The van der Waals surface area contributed by atoms with Crippen molar-refractivity contribution in [3.8, 4) is 0 Å². The molecule has 0 aromatic carbocycles. The first-order valence-electron chi connectivity index (χ1n) is 17.2. The van der Waals surface area contributed by atoms with Gasteiger partial charge in [0.1, 0.15) is 12.1 Å². The third-order valence-electron chi connectivity index (χ3n) is 9.84. The van der Waals surface area contributed by atoms with E-state index in [1.807, 2.05) is 48.5 Å². The van der Waals surface area contributed by atoms with Gasteiger partial charge in [0.25, 0.3) is 5.91 Å². The Morgan fingerprint density at radius 3 is 2.17 bits per heavy atom. The number of carbonyl (C=O) groups is 5. The number of Topliss-reactive ketones (excluding diaryl/α,β-unsaturated/α-hetero) is 1. The topological polar surface area (TPSA) is 174 Å². The molecule has 1 aliphatic carbocycles. The maximum Gasteiger partial charge on any atom is 0.315 e. The molecule has 0 aromatic heterocycles. The van der Waals surface area contributed by atoms with Gasteiger partial charge in [0.2, 0.25) is 27.6 Å². The molecule has 2 rings (SSSR count). The van der Waals surface area contributed by atoms with E-state index in [0.29, 0.717) is 19.3 Å². The Labute approximate surface area is 287 Å². The quantitative estimate of drug-likeness (QED) is 0.150. The number of likely N-dealkylation sites (N-methyl/N-ethyl adjacent to an activating group) is 1. The SMILES string of the molecule is C=CCNC(=O)C(=O)C(CCC)NC(=O)[C@@H]1[C@@H](C)[C@@H](C(C)C)CN1C(=O)[C@@H](NC(=O)NC1(CN(C)S(C)(=O)=O)CCCCC1)C(C)(C)C. The number of nitrogens with one attached hydrogen (secondary N) is 4. The highest BCUT2D eigenvalue weighted by atomic mass is 32.2. The molecular formula is C34H60N6O7S. The smallest absolute Gasteiger partial charge is 0.315 e. The lowest BCUT2D eigenvalue weighted by molar-refractivity contribution is -0.144. The number of nitrogens with zero attached hydrogens (tertiary/aromatic N) is 2. The maximum absolute atomic E-state index is 14.5. The molecule has 13 nitrogen and oxygen atoms in total. The monoisotopic (exact) mass is 696 g/mol. The molecule has 1 aliphatic heterocycles. The molecule has 5 amide bonds. The third-order valence-corrected chi connectivity index (χ3v) is 11.1. The zero-order chi connectivity index (χ0) is 36.6. The summed E-state index contributed by atoms with van der Waals surface area (Å²) in [4.78, 5) is 69.1. The highest BCUT2D eigenvalue weighted by molar-refractivity contribution is 7.88. The largest absolute Gasteiger partial charge is 0.346 e. The minimum Gasteiger partial charge on any atom is -0.346 e. The van der Waals surface area contributed by atoms with Gasteiger partial charge in [-0.25, -0.2) is 17.5 Å². The number of rotatable bonds is 15. The van der Waals surface area contributed by atoms with E-state index < -0.39 is 68.6 Å². The van der Waals surface area contributed by atoms with Crippen LogP contribution in [0, 0.1) is 23.2 Å². The third kappa shape index (κ3) is 10.8. The molecule has 2 fully saturated rings. The normalized spacial score (nSPS) is 22.5. The number of hydrogen-bond donors (Lipinski definition) is 4. The van der Waals surface area contributed by atoms with Crippen LogP contribution in [0.1, 0.15) is 93.4 Å². The van der Waals surface area contributed by atoms with E-state index in [-0.39, 0.29) is 43.8 Å². The van der Waals surface area contributed by atoms with Crippen LogP contribution in [-0.4, -0.2) is 104 Å². The summed E-state index contributed by atoms with van der Waals surface area (Å²) in [5, 5.41) is 11.2. The molecule has 1 unspecified atom stereocenters. The van der Waals surface area contributed by atoms with E-state index in [9.17, 15) is 32.4 Å². The van der Waals surface area contributed by atoms with Gasteiger partial charge in [0.15, 0.2) is 0 Å². The summed E-state index contributed by atoms with van der Waals surface area (Å²) in [6.07, 6.45) is 7.20. The van der Waals surface area contributed by atoms with Crippen LogP contribution in [0.4, 0.5) is 4.79 Å². The first kappa shape index (κ1) is 41.2. The molecule has 2 aliphatic rings. The zero-order valence-corrected chi connectivity index (χ0v) is 31.3. The molecule has 4 N–H and O–H groups in total. The standard InChI is InChI=1S/C34H60N6O7S/c1-11-16-25(27(41)30(43)35-19-12-2)36-29(42)26-23(5)24(22(3)4)20-40(26)31(44)28(33(6,7)8)37-32(45)38-34(17-14-13-15-18-34)21-39(9)48(10,46)47/h12,22-26,28H,2,11,13-21H2,1,3-10H3,(H,35,43)(H,36,42)(H2,37,38,45)/t23-,24+,25?,26-,28+/m0/s1. The van der Waals surface area contributed by atoms with Gasteiger partial charge in [-0.15, -0.1) is 6.58 Å². The van der Waals surface area contributed by atoms with E-state index in [1.165, 1.54) is 22.3 Å². The van der Waals surface area contributed by atoms with E-state index >= 15 is 0 Å². The van der Waals surface area contributed by atoms with Crippen LogP contribution < -0.4 is 21.3 Å². The molecule has 0 bridgehead atoms. The number of likely N-dealkylation sites (tertiary alicyclic amines) is 1. The summed E-state index contributed by atoms with van der Waals surface area (Å²) in [6.45, 7) is 17.3. The van der Waals surface area contributed by atoms with Crippen molar-refractivity contribution in [2.24, 2.45) is 23.2 Å². The summed E-state index contributed by atoms with van der Waals surface area (Å²) >= 11 is 0. The number of hydrogen-bond acceptors (Lipinski definition) is 7. The molecule has 1 heterocycles. The lowest BCUT2D eigenvalue weighted by atomic mass is 9.81. The summed E-state index contributed by atoms with van der Waals surface area (Å²) in [6, 6.07) is -3.61. The predicted molar refractivity (Wildman–Crippen MR) is 186 cm³/mol. The lowest BCUT2D eigenvalue weighted by Crippen LogP contribution is -2.64. The second kappa shape index (κ2) is 17.1. The molecule has 48 heavy (non-hydrogen) atoms. The Morgan fingerprint density at radius 1 is 1.06 bits per heavy atom. The van der Waals surface area contributed by atoms with Crippen LogP contribution >= 0.6 is 0 Å². The number of carbonyl (C=O) groups excluding carboxylic acids is 5. The molecule has 0 radical (unpaired) electrons. The Balaban J connectivity index is 2.39. The van der Waals surface area contributed by atoms with Crippen molar-refractivity contribution >= 4 is 39.6 Å². The predicted octanol–water partition coefficient (Wildman–Crippen LogP) is 2.57. The highest BCUT2D eigenvalue weighted by Crippen LogP contribution is 2.37. The van der Waals surface area contributed by atoms with Crippen LogP contribution in [0.2, 0.25) is 0 Å². The van der Waals surface area contributed by atoms with Crippen molar-refractivity contribution in [1.82, 2.24) is 30.5 Å². The fourth-order valence-electron chi connectivity index (χ4n) is 6.99. The fourth-order valence-corrected chi connectivity index (χ4v) is 7.47. The molecule has 1 saturated heterocycles. The second-order valence-corrected chi connectivity index (χ2v) is 17.3. The number of urea groups is 1. The van der Waals surface area contributed by atoms with Crippen LogP contribution in [0.5, 0.6) is 0 Å². The molecule has 274 valence electrons. The molecule has 5 atom stereocenters. The van der Waals surface area contributed by atoms with E-state index in [2.05, 4.69) is 27.8 Å². The minimum absolute atomic E-state index is 0.0348. The van der Waals surface area contributed by atoms with Crippen molar-refractivity contribution in [2.75, 3.05) is 32.9 Å². The Hall–Kier alpha value is -3.00. The number of sulfonamides is 1. The molecule has 14 heteroatoms. The van der Waals surface area contributed by atoms with Crippen molar-refractivity contribution < 1.29 is 32.4 Å². The summed E-state index contributed by atoms with van der Waals surface area (Å²) in [5.74, 6) is -2.71. The first-order chi connectivity index (χ1) is 22.2. The first-order valence-corrected chi connectivity index (χ1v) is 19.1. The van der Waals surface area contributed by atoms with Gasteiger partial charge in [-0.3, -0.25) is 19.2 Å². The van der Waals surface area contributed by atoms with Gasteiger partial charge in [-0.1, -0.05) is 80.2 Å². The Morgan fingerprint density at radius 2 is 1.67 bits per heavy atom. The van der Waals surface area contributed by atoms with Crippen LogP contribution in [0.25, 0.3) is 0 Å². The van der Waals surface area contributed by atoms with Crippen LogP contribution in [0.3, 0.4) is 0 Å². The van der Waals surface area contributed by atoms with Crippen LogP contribution in [0.15, 0.2) is 12.7 Å². The Bertz CT molecular complexity index is 1290. The van der Waals surface area contributed by atoms with Gasteiger partial charge in [-0.2, -0.15) is 0 Å². The van der Waals surface area contributed by atoms with E-state index in [1.54, 1.807) is 0 Å². The summed E-state index contributed by atoms with van der Waals surface area (Å²) in [7, 11) is -2.00. The van der Waals surface area contributed by atoms with Crippen molar-refractivity contribution in [3.05, 3.63) is 12.7 Å². The van der Waals surface area contributed by atoms with Crippen molar-refractivity contribution in [2.45, 2.75) is 117 Å².